The highest BCUT2D eigenvalue weighted by molar-refractivity contribution is 7.99. The number of carboxylic acid groups (broad SMARTS) is 1. The second kappa shape index (κ2) is 5.81. The largest absolute Gasteiger partial charge is 0.478 e. The number of carboxylic acids is 1. The van der Waals surface area contributed by atoms with Gasteiger partial charge >= 0.3 is 5.97 Å². The topological polar surface area (TPSA) is 61.1 Å². The molecule has 0 heterocycles. The molecule has 2 rings (SSSR count). The maximum Gasteiger partial charge on any atom is 0.335 e. The molecule has 0 atom stereocenters. The molecule has 20 heavy (non-hydrogen) atoms. The van der Waals surface area contributed by atoms with Crippen molar-refractivity contribution in [2.45, 2.75) is 23.6 Å². The molecule has 0 amide bonds. The number of aromatic carboxylic acids is 1. The van der Waals surface area contributed by atoms with Crippen molar-refractivity contribution in [3.63, 3.8) is 0 Å². The van der Waals surface area contributed by atoms with Crippen LogP contribution in [0.1, 0.15) is 27.0 Å². The Labute approximate surface area is 121 Å². The molecular weight excluding hydrogens is 270 g/mol. The molecule has 0 radical (unpaired) electrons. The first-order valence-electron chi connectivity index (χ1n) is 6.04. The third kappa shape index (κ3) is 2.84. The van der Waals surface area contributed by atoms with Gasteiger partial charge in [-0.2, -0.15) is 5.26 Å². The van der Waals surface area contributed by atoms with Crippen LogP contribution in [0.3, 0.4) is 0 Å². The highest BCUT2D eigenvalue weighted by Gasteiger charge is 2.11. The van der Waals surface area contributed by atoms with E-state index in [2.05, 4.69) is 6.07 Å². The first kappa shape index (κ1) is 14.2. The van der Waals surface area contributed by atoms with E-state index in [0.29, 0.717) is 11.1 Å². The number of hydrogen-bond acceptors (Lipinski definition) is 3. The fourth-order valence-electron chi connectivity index (χ4n) is 1.89. The van der Waals surface area contributed by atoms with Crippen LogP contribution in [0.5, 0.6) is 0 Å². The quantitative estimate of drug-likeness (QED) is 0.924. The van der Waals surface area contributed by atoms with Crippen LogP contribution in [0.4, 0.5) is 0 Å². The van der Waals surface area contributed by atoms with Crippen molar-refractivity contribution >= 4 is 17.7 Å². The smallest absolute Gasteiger partial charge is 0.335 e. The maximum atomic E-state index is 11.2. The van der Waals surface area contributed by atoms with E-state index in [0.717, 1.165) is 20.9 Å². The van der Waals surface area contributed by atoms with E-state index in [1.54, 1.807) is 25.1 Å². The SMILES string of the molecule is Cc1ccc(Sc2c(C)cccc2C#N)cc1C(=O)O. The molecule has 0 saturated heterocycles. The molecule has 100 valence electrons. The Balaban J connectivity index is 2.44. The maximum absolute atomic E-state index is 11.2. The minimum Gasteiger partial charge on any atom is -0.478 e. The van der Waals surface area contributed by atoms with Crippen LogP contribution in [0, 0.1) is 25.2 Å². The average molecular weight is 283 g/mol. The average Bonchev–Trinajstić information content (AvgIpc) is 2.42. The summed E-state index contributed by atoms with van der Waals surface area (Å²) in [5, 5.41) is 18.3. The summed E-state index contributed by atoms with van der Waals surface area (Å²) in [4.78, 5) is 12.8. The van der Waals surface area contributed by atoms with Gasteiger partial charge in [0, 0.05) is 9.79 Å². The fourth-order valence-corrected chi connectivity index (χ4v) is 2.89. The molecule has 2 aromatic rings. The van der Waals surface area contributed by atoms with Gasteiger partial charge in [-0.25, -0.2) is 4.79 Å². The Morgan fingerprint density at radius 3 is 2.60 bits per heavy atom. The van der Waals surface area contributed by atoms with Crippen LogP contribution in [-0.2, 0) is 0 Å². The third-order valence-corrected chi connectivity index (χ3v) is 4.23. The van der Waals surface area contributed by atoms with E-state index in [9.17, 15) is 4.79 Å². The number of nitrogens with zero attached hydrogens (tertiary/aromatic N) is 1. The summed E-state index contributed by atoms with van der Waals surface area (Å²) in [5.74, 6) is -0.935. The van der Waals surface area contributed by atoms with Crippen molar-refractivity contribution in [1.82, 2.24) is 0 Å². The van der Waals surface area contributed by atoms with Gasteiger partial charge in [0.2, 0.25) is 0 Å². The Hall–Kier alpha value is -2.25. The van der Waals surface area contributed by atoms with Crippen molar-refractivity contribution in [1.29, 1.82) is 5.26 Å². The van der Waals surface area contributed by atoms with Crippen molar-refractivity contribution in [2.75, 3.05) is 0 Å². The van der Waals surface area contributed by atoms with Gasteiger partial charge in [-0.3, -0.25) is 0 Å². The Morgan fingerprint density at radius 2 is 1.95 bits per heavy atom. The highest BCUT2D eigenvalue weighted by atomic mass is 32.2. The van der Waals surface area contributed by atoms with E-state index < -0.39 is 5.97 Å². The van der Waals surface area contributed by atoms with Crippen LogP contribution in [0.25, 0.3) is 0 Å². The van der Waals surface area contributed by atoms with E-state index >= 15 is 0 Å². The van der Waals surface area contributed by atoms with E-state index in [-0.39, 0.29) is 0 Å². The van der Waals surface area contributed by atoms with Gasteiger partial charge in [0.25, 0.3) is 0 Å². The van der Waals surface area contributed by atoms with Gasteiger partial charge in [-0.1, -0.05) is 30.0 Å². The summed E-state index contributed by atoms with van der Waals surface area (Å²) in [6, 6.07) is 13.0. The predicted molar refractivity (Wildman–Crippen MR) is 78.2 cm³/mol. The van der Waals surface area contributed by atoms with Crippen molar-refractivity contribution in [2.24, 2.45) is 0 Å². The summed E-state index contributed by atoms with van der Waals surface area (Å²) in [6.07, 6.45) is 0. The summed E-state index contributed by atoms with van der Waals surface area (Å²) < 4.78 is 0. The highest BCUT2D eigenvalue weighted by Crippen LogP contribution is 2.33. The minimum atomic E-state index is -0.935. The third-order valence-electron chi connectivity index (χ3n) is 2.99. The second-order valence-electron chi connectivity index (χ2n) is 4.45. The van der Waals surface area contributed by atoms with Gasteiger partial charge < -0.3 is 5.11 Å². The number of nitriles is 1. The van der Waals surface area contributed by atoms with Crippen LogP contribution in [0.15, 0.2) is 46.2 Å². The zero-order valence-corrected chi connectivity index (χ0v) is 12.0. The summed E-state index contributed by atoms with van der Waals surface area (Å²) >= 11 is 1.42. The van der Waals surface area contributed by atoms with Crippen LogP contribution >= 0.6 is 11.8 Å². The molecule has 1 N–H and O–H groups in total. The molecule has 0 aliphatic rings. The Bertz CT molecular complexity index is 717. The zero-order chi connectivity index (χ0) is 14.7. The van der Waals surface area contributed by atoms with Crippen molar-refractivity contribution < 1.29 is 9.90 Å². The van der Waals surface area contributed by atoms with E-state index in [4.69, 9.17) is 10.4 Å². The summed E-state index contributed by atoms with van der Waals surface area (Å²) in [7, 11) is 0. The molecule has 0 unspecified atom stereocenters. The van der Waals surface area contributed by atoms with E-state index in [1.165, 1.54) is 11.8 Å². The molecule has 0 aromatic heterocycles. The molecule has 0 fully saturated rings. The van der Waals surface area contributed by atoms with Crippen LogP contribution < -0.4 is 0 Å². The lowest BCUT2D eigenvalue weighted by atomic mass is 10.1. The van der Waals surface area contributed by atoms with Gasteiger partial charge in [-0.05, 0) is 43.2 Å². The lowest BCUT2D eigenvalue weighted by Crippen LogP contribution is -1.99. The van der Waals surface area contributed by atoms with E-state index in [1.807, 2.05) is 25.1 Å². The fraction of sp³-hybridized carbons (Fsp3) is 0.125. The Morgan fingerprint density at radius 1 is 1.20 bits per heavy atom. The molecule has 0 aliphatic carbocycles. The summed E-state index contributed by atoms with van der Waals surface area (Å²) in [5.41, 5.74) is 2.63. The first-order valence-corrected chi connectivity index (χ1v) is 6.86. The van der Waals surface area contributed by atoms with Gasteiger partial charge in [0.1, 0.15) is 6.07 Å². The molecule has 0 aliphatic heterocycles. The second-order valence-corrected chi connectivity index (χ2v) is 5.53. The molecule has 0 spiro atoms. The minimum absolute atomic E-state index is 0.294. The molecule has 4 heteroatoms. The predicted octanol–water partition coefficient (Wildman–Crippen LogP) is 4.02. The molecule has 0 bridgehead atoms. The molecule has 2 aromatic carbocycles. The van der Waals surface area contributed by atoms with Gasteiger partial charge in [0.05, 0.1) is 11.1 Å². The van der Waals surface area contributed by atoms with Gasteiger partial charge in [0.15, 0.2) is 0 Å². The number of aryl methyl sites for hydroxylation is 2. The summed E-state index contributed by atoms with van der Waals surface area (Å²) in [6.45, 7) is 3.71. The number of benzene rings is 2. The lowest BCUT2D eigenvalue weighted by Gasteiger charge is -2.09. The lowest BCUT2D eigenvalue weighted by molar-refractivity contribution is 0.0696. The molecule has 3 nitrogen and oxygen atoms in total. The molecule has 0 saturated carbocycles. The first-order chi connectivity index (χ1) is 9.52. The Kier molecular flexibility index (Phi) is 4.11. The normalized spacial score (nSPS) is 10.1. The number of rotatable bonds is 3. The van der Waals surface area contributed by atoms with Crippen LogP contribution in [0.2, 0.25) is 0 Å². The van der Waals surface area contributed by atoms with Crippen molar-refractivity contribution in [3.8, 4) is 6.07 Å². The molecular formula is C16H13NO2S. The van der Waals surface area contributed by atoms with Crippen LogP contribution in [-0.4, -0.2) is 11.1 Å². The standard InChI is InChI=1S/C16H13NO2S/c1-10-6-7-13(8-14(10)16(18)19)20-15-11(2)4-3-5-12(15)9-17/h3-8H,1-2H3,(H,18,19). The van der Waals surface area contributed by atoms with Gasteiger partial charge in [-0.15, -0.1) is 0 Å². The van der Waals surface area contributed by atoms with Crippen molar-refractivity contribution in [3.05, 3.63) is 58.7 Å². The number of hydrogen-bond donors (Lipinski definition) is 1. The number of carbonyl (C=O) groups is 1. The zero-order valence-electron chi connectivity index (χ0n) is 11.2. The monoisotopic (exact) mass is 283 g/mol.